The smallest absolute Gasteiger partial charge is 0.157 e. The second-order valence-corrected chi connectivity index (χ2v) is 5.77. The first-order valence-electron chi connectivity index (χ1n) is 7.31. The van der Waals surface area contributed by atoms with E-state index >= 15 is 0 Å². The highest BCUT2D eigenvalue weighted by Gasteiger charge is 2.33. The highest BCUT2D eigenvalue weighted by atomic mass is 15.4. The van der Waals surface area contributed by atoms with Crippen molar-refractivity contribution < 1.29 is 0 Å². The van der Waals surface area contributed by atoms with Gasteiger partial charge < -0.3 is 10.2 Å². The fourth-order valence-corrected chi connectivity index (χ4v) is 3.18. The van der Waals surface area contributed by atoms with E-state index in [0.717, 1.165) is 31.8 Å². The molecular weight excluding hydrogens is 252 g/mol. The molecule has 6 heteroatoms. The van der Waals surface area contributed by atoms with Crippen LogP contribution in [-0.2, 0) is 0 Å². The van der Waals surface area contributed by atoms with E-state index in [1.807, 2.05) is 4.52 Å². The van der Waals surface area contributed by atoms with Gasteiger partial charge in [-0.05, 0) is 24.6 Å². The largest absolute Gasteiger partial charge is 0.353 e. The summed E-state index contributed by atoms with van der Waals surface area (Å²) in [5.41, 5.74) is 2.18. The number of piperazine rings is 1. The summed E-state index contributed by atoms with van der Waals surface area (Å²) in [6, 6.07) is 4.97. The summed E-state index contributed by atoms with van der Waals surface area (Å²) in [6.45, 7) is 8.89. The molecule has 0 aromatic carbocycles. The van der Waals surface area contributed by atoms with E-state index in [9.17, 15) is 0 Å². The molecule has 4 heterocycles. The van der Waals surface area contributed by atoms with Gasteiger partial charge in [0.15, 0.2) is 5.65 Å². The van der Waals surface area contributed by atoms with Crippen molar-refractivity contribution >= 4 is 11.5 Å². The molecule has 106 valence electrons. The number of fused-ring (bicyclic) bond motifs is 1. The zero-order chi connectivity index (χ0) is 13.5. The molecule has 2 aliphatic rings. The molecule has 2 aromatic rings. The summed E-state index contributed by atoms with van der Waals surface area (Å²) >= 11 is 0. The number of aromatic nitrogens is 3. The average molecular weight is 272 g/mol. The summed E-state index contributed by atoms with van der Waals surface area (Å²) < 4.78 is 1.95. The Balaban J connectivity index is 1.52. The third kappa shape index (κ3) is 1.96. The molecule has 1 N–H and O–H groups in total. The topological polar surface area (TPSA) is 48.7 Å². The second kappa shape index (κ2) is 4.71. The van der Waals surface area contributed by atoms with Crippen molar-refractivity contribution in [3.63, 3.8) is 0 Å². The third-order valence-electron chi connectivity index (χ3n) is 4.36. The number of hydrogen-bond donors (Lipinski definition) is 1. The summed E-state index contributed by atoms with van der Waals surface area (Å²) in [4.78, 5) is 9.30. The van der Waals surface area contributed by atoms with Gasteiger partial charge in [-0.15, -0.1) is 0 Å². The lowest BCUT2D eigenvalue weighted by Crippen LogP contribution is -2.63. The number of hydrogen-bond acceptors (Lipinski definition) is 5. The van der Waals surface area contributed by atoms with Crippen molar-refractivity contribution in [2.24, 2.45) is 0 Å². The van der Waals surface area contributed by atoms with Gasteiger partial charge >= 0.3 is 0 Å². The van der Waals surface area contributed by atoms with Gasteiger partial charge in [-0.25, -0.2) is 4.98 Å². The van der Waals surface area contributed by atoms with Crippen LogP contribution in [0.3, 0.4) is 0 Å². The molecule has 4 rings (SSSR count). The Kier molecular flexibility index (Phi) is 2.85. The van der Waals surface area contributed by atoms with Crippen molar-refractivity contribution in [3.8, 4) is 0 Å². The van der Waals surface area contributed by atoms with Crippen molar-refractivity contribution in [2.45, 2.75) is 13.0 Å². The summed E-state index contributed by atoms with van der Waals surface area (Å²) in [5.74, 6) is 1.17. The quantitative estimate of drug-likeness (QED) is 0.842. The predicted molar refractivity (Wildman–Crippen MR) is 78.2 cm³/mol. The SMILES string of the molecule is Cc1cc(N2CC(N3CCNCC3)C2)n2ncnc2c1. The molecule has 6 nitrogen and oxygen atoms in total. The maximum atomic E-state index is 4.34. The molecule has 0 atom stereocenters. The number of anilines is 1. The van der Waals surface area contributed by atoms with Gasteiger partial charge in [0.1, 0.15) is 12.1 Å². The Morgan fingerprint density at radius 3 is 2.80 bits per heavy atom. The molecule has 0 saturated carbocycles. The van der Waals surface area contributed by atoms with Gasteiger partial charge in [-0.1, -0.05) is 0 Å². The lowest BCUT2D eigenvalue weighted by atomic mass is 10.1. The second-order valence-electron chi connectivity index (χ2n) is 5.77. The number of aryl methyl sites for hydroxylation is 1. The minimum atomic E-state index is 0.691. The number of pyridine rings is 1. The maximum absolute atomic E-state index is 4.34. The molecule has 2 aromatic heterocycles. The molecule has 0 spiro atoms. The summed E-state index contributed by atoms with van der Waals surface area (Å²) in [6.07, 6.45) is 1.63. The van der Waals surface area contributed by atoms with Crippen molar-refractivity contribution in [2.75, 3.05) is 44.2 Å². The van der Waals surface area contributed by atoms with Gasteiger partial charge in [0.2, 0.25) is 0 Å². The van der Waals surface area contributed by atoms with Crippen LogP contribution in [0, 0.1) is 6.92 Å². The van der Waals surface area contributed by atoms with Crippen LogP contribution in [-0.4, -0.2) is 64.8 Å². The molecule has 0 bridgehead atoms. The van der Waals surface area contributed by atoms with E-state index in [1.54, 1.807) is 6.33 Å². The summed E-state index contributed by atoms with van der Waals surface area (Å²) in [7, 11) is 0. The van der Waals surface area contributed by atoms with E-state index in [1.165, 1.54) is 24.5 Å². The van der Waals surface area contributed by atoms with Gasteiger partial charge in [-0.3, -0.25) is 4.90 Å². The fourth-order valence-electron chi connectivity index (χ4n) is 3.18. The zero-order valence-electron chi connectivity index (χ0n) is 11.8. The molecule has 2 saturated heterocycles. The molecule has 0 unspecified atom stereocenters. The van der Waals surface area contributed by atoms with Crippen LogP contribution in [0.4, 0.5) is 5.82 Å². The van der Waals surface area contributed by atoms with Crippen LogP contribution in [0.5, 0.6) is 0 Å². The minimum Gasteiger partial charge on any atom is -0.353 e. The van der Waals surface area contributed by atoms with E-state index in [4.69, 9.17) is 0 Å². The first kappa shape index (κ1) is 12.1. The number of nitrogens with one attached hydrogen (secondary N) is 1. The van der Waals surface area contributed by atoms with Gasteiger partial charge in [0, 0.05) is 45.3 Å². The lowest BCUT2D eigenvalue weighted by molar-refractivity contribution is 0.147. The standard InChI is InChI=1S/C14H20N6/c1-11-6-13-16-10-17-20(13)14(7-11)19-8-12(9-19)18-4-2-15-3-5-18/h6-7,10,12,15H,2-5,8-9H2,1H3. The molecule has 2 aliphatic heterocycles. The molecule has 0 amide bonds. The molecule has 0 aliphatic carbocycles. The van der Waals surface area contributed by atoms with E-state index in [2.05, 4.69) is 44.3 Å². The molecule has 2 fully saturated rings. The van der Waals surface area contributed by atoms with Crippen LogP contribution in [0.15, 0.2) is 18.5 Å². The Hall–Kier alpha value is -1.66. The Bertz CT molecular complexity index is 609. The van der Waals surface area contributed by atoms with Crippen molar-refractivity contribution in [1.29, 1.82) is 0 Å². The zero-order valence-corrected chi connectivity index (χ0v) is 11.8. The van der Waals surface area contributed by atoms with Crippen molar-refractivity contribution in [1.82, 2.24) is 24.8 Å². The van der Waals surface area contributed by atoms with Crippen LogP contribution < -0.4 is 10.2 Å². The Morgan fingerprint density at radius 1 is 1.20 bits per heavy atom. The van der Waals surface area contributed by atoms with E-state index in [0.29, 0.717) is 6.04 Å². The lowest BCUT2D eigenvalue weighted by Gasteiger charge is -2.47. The minimum absolute atomic E-state index is 0.691. The Labute approximate surface area is 118 Å². The van der Waals surface area contributed by atoms with Gasteiger partial charge in [0.05, 0.1) is 0 Å². The van der Waals surface area contributed by atoms with Crippen LogP contribution >= 0.6 is 0 Å². The average Bonchev–Trinajstić information content (AvgIpc) is 2.86. The molecule has 20 heavy (non-hydrogen) atoms. The monoisotopic (exact) mass is 272 g/mol. The normalized spacial score (nSPS) is 21.4. The predicted octanol–water partition coefficient (Wildman–Crippen LogP) is 0.132. The first-order chi connectivity index (χ1) is 9.81. The van der Waals surface area contributed by atoms with Crippen molar-refractivity contribution in [3.05, 3.63) is 24.0 Å². The molecule has 0 radical (unpaired) electrons. The first-order valence-corrected chi connectivity index (χ1v) is 7.31. The highest BCUT2D eigenvalue weighted by Crippen LogP contribution is 2.25. The van der Waals surface area contributed by atoms with E-state index in [-0.39, 0.29) is 0 Å². The van der Waals surface area contributed by atoms with Crippen LogP contribution in [0.1, 0.15) is 5.56 Å². The van der Waals surface area contributed by atoms with Gasteiger partial charge in [0.25, 0.3) is 0 Å². The fraction of sp³-hybridized carbons (Fsp3) is 0.571. The maximum Gasteiger partial charge on any atom is 0.157 e. The number of nitrogens with zero attached hydrogens (tertiary/aromatic N) is 5. The number of rotatable bonds is 2. The van der Waals surface area contributed by atoms with Gasteiger partial charge in [-0.2, -0.15) is 9.61 Å². The molecular formula is C14H20N6. The van der Waals surface area contributed by atoms with Crippen LogP contribution in [0.2, 0.25) is 0 Å². The van der Waals surface area contributed by atoms with E-state index < -0.39 is 0 Å². The Morgan fingerprint density at radius 2 is 2.00 bits per heavy atom. The third-order valence-corrected chi connectivity index (χ3v) is 4.36. The van der Waals surface area contributed by atoms with Crippen LogP contribution in [0.25, 0.3) is 5.65 Å². The summed E-state index contributed by atoms with van der Waals surface area (Å²) in [5, 5.41) is 7.75. The highest BCUT2D eigenvalue weighted by molar-refractivity contribution is 5.54.